The second-order valence-electron chi connectivity index (χ2n) is 6.05. The summed E-state index contributed by atoms with van der Waals surface area (Å²) in [6, 6.07) is -2.05. The number of hydrogen-bond donors (Lipinski definition) is 5. The van der Waals surface area contributed by atoms with Gasteiger partial charge in [0, 0.05) is 19.9 Å². The Balaban J connectivity index is 2.78. The number of carboxylic acid groups (broad SMARTS) is 1. The highest BCUT2D eigenvalue weighted by Crippen LogP contribution is 2.20. The fourth-order valence-corrected chi connectivity index (χ4v) is 2.69. The molecule has 0 radical (unpaired) electrons. The molecule has 0 bridgehead atoms. The molecule has 0 aromatic carbocycles. The average Bonchev–Trinajstić information content (AvgIpc) is 2.93. The van der Waals surface area contributed by atoms with E-state index in [1.54, 1.807) is 0 Å². The Hall–Kier alpha value is -2.20. The highest BCUT2D eigenvalue weighted by Gasteiger charge is 2.41. The number of nitrogens with one attached hydrogen (secondary N) is 2. The lowest BCUT2D eigenvalue weighted by atomic mass is 10.1. The molecule has 3 atom stereocenters. The van der Waals surface area contributed by atoms with E-state index in [4.69, 9.17) is 5.73 Å². The van der Waals surface area contributed by atoms with Crippen molar-refractivity contribution in [1.29, 1.82) is 0 Å². The molecule has 10 heteroatoms. The maximum atomic E-state index is 12.7. The summed E-state index contributed by atoms with van der Waals surface area (Å²) < 4.78 is 0. The Labute approximate surface area is 145 Å². The molecule has 1 saturated heterocycles. The van der Waals surface area contributed by atoms with E-state index in [1.165, 1.54) is 6.92 Å². The number of likely N-dealkylation sites (tertiary alicyclic amines) is 1. The van der Waals surface area contributed by atoms with Crippen LogP contribution in [0.15, 0.2) is 0 Å². The molecule has 6 N–H and O–H groups in total. The summed E-state index contributed by atoms with van der Waals surface area (Å²) in [6.07, 6.45) is 0.555. The number of nitrogens with two attached hydrogens (primary N) is 1. The molecule has 0 unspecified atom stereocenters. The van der Waals surface area contributed by atoms with Crippen LogP contribution in [0.2, 0.25) is 0 Å². The number of nitrogens with zero attached hydrogens (tertiary/aromatic N) is 1. The van der Waals surface area contributed by atoms with Crippen LogP contribution in [0, 0.1) is 0 Å². The number of aliphatic hydroxyl groups excluding tert-OH is 1. The third-order valence-electron chi connectivity index (χ3n) is 3.93. The van der Waals surface area contributed by atoms with E-state index in [2.05, 4.69) is 10.6 Å². The monoisotopic (exact) mass is 358 g/mol. The third-order valence-corrected chi connectivity index (χ3v) is 3.93. The standard InChI is InChI=1S/C15H26N4O6/c1-9(20)17-7-13(22)18-11(4-2-3-5-16)14(23)19-8-10(21)6-12(19)15(24)25/h10-12,21H,2-8,16H2,1H3,(H,17,20)(H,18,22)(H,24,25)/t10-,11+,12+/m1/s1. The predicted octanol–water partition coefficient (Wildman–Crippen LogP) is -2.22. The number of carbonyl (C=O) groups excluding carboxylic acids is 3. The fraction of sp³-hybridized carbons (Fsp3) is 0.733. The van der Waals surface area contributed by atoms with E-state index in [0.717, 1.165) is 4.90 Å². The molecule has 1 rings (SSSR count). The predicted molar refractivity (Wildman–Crippen MR) is 87.3 cm³/mol. The van der Waals surface area contributed by atoms with Crippen LogP contribution in [-0.4, -0.2) is 76.6 Å². The van der Waals surface area contributed by atoms with Gasteiger partial charge in [-0.05, 0) is 25.8 Å². The number of β-amino-alcohol motifs (C(OH)–C–C–N with tert-alkyl or cyclic N) is 1. The molecule has 10 nitrogen and oxygen atoms in total. The highest BCUT2D eigenvalue weighted by molar-refractivity contribution is 5.92. The fourth-order valence-electron chi connectivity index (χ4n) is 2.69. The molecule has 1 aliphatic rings. The van der Waals surface area contributed by atoms with Crippen molar-refractivity contribution in [3.05, 3.63) is 0 Å². The van der Waals surface area contributed by atoms with Crippen LogP contribution >= 0.6 is 0 Å². The molecule has 0 saturated carbocycles. The van der Waals surface area contributed by atoms with Crippen LogP contribution in [0.1, 0.15) is 32.6 Å². The number of hydrogen-bond acceptors (Lipinski definition) is 6. The van der Waals surface area contributed by atoms with Gasteiger partial charge in [-0.25, -0.2) is 4.79 Å². The first-order chi connectivity index (χ1) is 11.8. The molecule has 0 aliphatic carbocycles. The SMILES string of the molecule is CC(=O)NCC(=O)N[C@@H](CCCCN)C(=O)N1C[C@H](O)C[C@H]1C(=O)O. The van der Waals surface area contributed by atoms with E-state index in [0.29, 0.717) is 25.8 Å². The van der Waals surface area contributed by atoms with Crippen LogP contribution in [0.4, 0.5) is 0 Å². The van der Waals surface area contributed by atoms with Crippen molar-refractivity contribution in [2.75, 3.05) is 19.6 Å². The summed E-state index contributed by atoms with van der Waals surface area (Å²) in [6.45, 7) is 1.33. The summed E-state index contributed by atoms with van der Waals surface area (Å²) >= 11 is 0. The summed E-state index contributed by atoms with van der Waals surface area (Å²) in [4.78, 5) is 47.8. The molecule has 0 spiro atoms. The van der Waals surface area contributed by atoms with E-state index < -0.39 is 36.0 Å². The van der Waals surface area contributed by atoms with Gasteiger partial charge in [0.25, 0.3) is 0 Å². The first kappa shape index (κ1) is 20.8. The molecule has 25 heavy (non-hydrogen) atoms. The van der Waals surface area contributed by atoms with Gasteiger partial charge in [-0.2, -0.15) is 0 Å². The molecule has 1 fully saturated rings. The van der Waals surface area contributed by atoms with Crippen molar-refractivity contribution in [3.8, 4) is 0 Å². The first-order valence-corrected chi connectivity index (χ1v) is 8.21. The topological polar surface area (TPSA) is 162 Å². The van der Waals surface area contributed by atoms with E-state index in [1.807, 2.05) is 0 Å². The highest BCUT2D eigenvalue weighted by atomic mass is 16.4. The van der Waals surface area contributed by atoms with E-state index in [-0.39, 0.29) is 25.4 Å². The van der Waals surface area contributed by atoms with Gasteiger partial charge in [-0.1, -0.05) is 0 Å². The van der Waals surface area contributed by atoms with Crippen molar-refractivity contribution in [2.45, 2.75) is 50.8 Å². The molecular weight excluding hydrogens is 332 g/mol. The van der Waals surface area contributed by atoms with Gasteiger partial charge >= 0.3 is 5.97 Å². The number of unbranched alkanes of at least 4 members (excludes halogenated alkanes) is 1. The number of aliphatic hydroxyl groups is 1. The molecule has 0 aromatic heterocycles. The quantitative estimate of drug-likeness (QED) is 0.292. The summed E-state index contributed by atoms with van der Waals surface area (Å²) in [5, 5.41) is 23.8. The van der Waals surface area contributed by atoms with Crippen molar-refractivity contribution >= 4 is 23.7 Å². The van der Waals surface area contributed by atoms with Gasteiger partial charge in [-0.3, -0.25) is 14.4 Å². The Morgan fingerprint density at radius 3 is 2.52 bits per heavy atom. The lowest BCUT2D eigenvalue weighted by Crippen LogP contribution is -2.53. The lowest BCUT2D eigenvalue weighted by molar-refractivity contribution is -0.149. The number of carboxylic acids is 1. The van der Waals surface area contributed by atoms with Crippen molar-refractivity contribution in [2.24, 2.45) is 5.73 Å². The zero-order valence-electron chi connectivity index (χ0n) is 14.2. The van der Waals surface area contributed by atoms with Crippen LogP contribution in [0.25, 0.3) is 0 Å². The first-order valence-electron chi connectivity index (χ1n) is 8.21. The molecular formula is C15H26N4O6. The van der Waals surface area contributed by atoms with Crippen molar-refractivity contribution in [1.82, 2.24) is 15.5 Å². The van der Waals surface area contributed by atoms with Crippen LogP contribution in [0.5, 0.6) is 0 Å². The largest absolute Gasteiger partial charge is 0.480 e. The zero-order chi connectivity index (χ0) is 19.0. The van der Waals surface area contributed by atoms with E-state index >= 15 is 0 Å². The second-order valence-corrected chi connectivity index (χ2v) is 6.05. The number of carbonyl (C=O) groups is 4. The van der Waals surface area contributed by atoms with E-state index in [9.17, 15) is 29.4 Å². The molecule has 1 heterocycles. The molecule has 142 valence electrons. The van der Waals surface area contributed by atoms with Gasteiger partial charge in [0.05, 0.1) is 12.6 Å². The summed E-state index contributed by atoms with van der Waals surface area (Å²) in [5.41, 5.74) is 5.43. The second kappa shape index (κ2) is 9.94. The lowest BCUT2D eigenvalue weighted by Gasteiger charge is -2.27. The minimum Gasteiger partial charge on any atom is -0.480 e. The Kier molecular flexibility index (Phi) is 8.29. The minimum atomic E-state index is -1.20. The summed E-state index contributed by atoms with van der Waals surface area (Å²) in [7, 11) is 0. The Morgan fingerprint density at radius 2 is 1.96 bits per heavy atom. The smallest absolute Gasteiger partial charge is 0.326 e. The number of aliphatic carboxylic acids is 1. The van der Waals surface area contributed by atoms with Crippen molar-refractivity contribution < 1.29 is 29.4 Å². The van der Waals surface area contributed by atoms with Crippen LogP contribution in [0.3, 0.4) is 0 Å². The van der Waals surface area contributed by atoms with Gasteiger partial charge in [-0.15, -0.1) is 0 Å². The number of amides is 3. The zero-order valence-corrected chi connectivity index (χ0v) is 14.2. The minimum absolute atomic E-state index is 0.0452. The maximum absolute atomic E-state index is 12.7. The third kappa shape index (κ3) is 6.67. The molecule has 1 aliphatic heterocycles. The maximum Gasteiger partial charge on any atom is 0.326 e. The average molecular weight is 358 g/mol. The Morgan fingerprint density at radius 1 is 1.28 bits per heavy atom. The van der Waals surface area contributed by atoms with Crippen LogP contribution in [-0.2, 0) is 19.2 Å². The van der Waals surface area contributed by atoms with Crippen molar-refractivity contribution in [3.63, 3.8) is 0 Å². The van der Waals surface area contributed by atoms with Gasteiger partial charge in [0.2, 0.25) is 17.7 Å². The van der Waals surface area contributed by atoms with Gasteiger partial charge in [0.15, 0.2) is 0 Å². The normalized spacial score (nSPS) is 20.8. The van der Waals surface area contributed by atoms with Gasteiger partial charge in [0.1, 0.15) is 12.1 Å². The summed E-state index contributed by atoms with van der Waals surface area (Å²) in [5.74, 6) is -2.69. The van der Waals surface area contributed by atoms with Gasteiger partial charge < -0.3 is 31.5 Å². The van der Waals surface area contributed by atoms with Crippen LogP contribution < -0.4 is 16.4 Å². The number of rotatable bonds is 9. The Bertz CT molecular complexity index is 512. The molecule has 3 amide bonds. The molecule has 0 aromatic rings.